The molecular formula is C16H22N2O. The van der Waals surface area contributed by atoms with E-state index in [9.17, 15) is 4.79 Å². The van der Waals surface area contributed by atoms with Gasteiger partial charge in [-0.05, 0) is 24.0 Å². The van der Waals surface area contributed by atoms with E-state index < -0.39 is 0 Å². The van der Waals surface area contributed by atoms with Gasteiger partial charge in [-0.3, -0.25) is 10.2 Å². The van der Waals surface area contributed by atoms with Crippen LogP contribution in [-0.2, 0) is 0 Å². The first-order chi connectivity index (χ1) is 8.98. The third kappa shape index (κ3) is 3.44. The minimum atomic E-state index is -0.0369. The minimum absolute atomic E-state index is 0.0369. The first kappa shape index (κ1) is 13.8. The van der Waals surface area contributed by atoms with Crippen molar-refractivity contribution in [3.05, 3.63) is 48.0 Å². The van der Waals surface area contributed by atoms with Crippen LogP contribution in [0, 0.1) is 5.41 Å². The molecule has 19 heavy (non-hydrogen) atoms. The van der Waals surface area contributed by atoms with Crippen LogP contribution in [-0.4, -0.2) is 23.5 Å². The summed E-state index contributed by atoms with van der Waals surface area (Å²) < 4.78 is 0. The average molecular weight is 258 g/mol. The van der Waals surface area contributed by atoms with Crippen LogP contribution in [0.4, 0.5) is 0 Å². The predicted octanol–water partition coefficient (Wildman–Crippen LogP) is 3.01. The molecule has 0 saturated heterocycles. The van der Waals surface area contributed by atoms with Crippen LogP contribution in [0.15, 0.2) is 42.5 Å². The standard InChI is InChI=1S/C16H22N2O/c1-16(2,3)14-11-7-8-12-18(14)17-15(19)13-9-5-4-6-10-13/h4-7,9-11,14H,8,12H2,1-3H3,(H,17,19). The second-order valence-electron chi connectivity index (χ2n) is 6.03. The molecule has 0 fully saturated rings. The molecular weight excluding hydrogens is 236 g/mol. The Labute approximate surface area is 115 Å². The molecule has 1 aromatic rings. The van der Waals surface area contributed by atoms with Gasteiger partial charge in [0.2, 0.25) is 0 Å². The Morgan fingerprint density at radius 2 is 1.95 bits per heavy atom. The summed E-state index contributed by atoms with van der Waals surface area (Å²) in [6, 6.07) is 9.58. The zero-order valence-corrected chi connectivity index (χ0v) is 11.9. The van der Waals surface area contributed by atoms with E-state index in [0.29, 0.717) is 5.56 Å². The molecule has 0 bridgehead atoms. The van der Waals surface area contributed by atoms with Crippen molar-refractivity contribution in [2.75, 3.05) is 6.54 Å². The van der Waals surface area contributed by atoms with Crippen molar-refractivity contribution in [1.82, 2.24) is 10.4 Å². The van der Waals surface area contributed by atoms with E-state index >= 15 is 0 Å². The smallest absolute Gasteiger partial charge is 0.265 e. The summed E-state index contributed by atoms with van der Waals surface area (Å²) in [4.78, 5) is 12.2. The van der Waals surface area contributed by atoms with Gasteiger partial charge in [0.05, 0.1) is 6.04 Å². The highest BCUT2D eigenvalue weighted by Crippen LogP contribution is 2.27. The third-order valence-electron chi connectivity index (χ3n) is 3.36. The summed E-state index contributed by atoms with van der Waals surface area (Å²) in [5.74, 6) is -0.0369. The van der Waals surface area contributed by atoms with Crippen molar-refractivity contribution in [3.8, 4) is 0 Å². The topological polar surface area (TPSA) is 32.3 Å². The predicted molar refractivity (Wildman–Crippen MR) is 77.6 cm³/mol. The number of benzene rings is 1. The van der Waals surface area contributed by atoms with Gasteiger partial charge in [0.1, 0.15) is 0 Å². The first-order valence-corrected chi connectivity index (χ1v) is 6.78. The van der Waals surface area contributed by atoms with Crippen LogP contribution in [0.5, 0.6) is 0 Å². The van der Waals surface area contributed by atoms with Crippen LogP contribution in [0.2, 0.25) is 0 Å². The Morgan fingerprint density at radius 1 is 1.26 bits per heavy atom. The molecule has 2 rings (SSSR count). The lowest BCUT2D eigenvalue weighted by atomic mass is 9.84. The lowest BCUT2D eigenvalue weighted by Crippen LogP contribution is -2.54. The van der Waals surface area contributed by atoms with Gasteiger partial charge in [-0.25, -0.2) is 5.01 Å². The highest BCUT2D eigenvalue weighted by molar-refractivity contribution is 5.93. The fourth-order valence-corrected chi connectivity index (χ4v) is 2.35. The third-order valence-corrected chi connectivity index (χ3v) is 3.36. The molecule has 1 aliphatic heterocycles. The summed E-state index contributed by atoms with van der Waals surface area (Å²) >= 11 is 0. The molecule has 1 aromatic carbocycles. The number of hydrogen-bond donors (Lipinski definition) is 1. The van der Waals surface area contributed by atoms with Crippen molar-refractivity contribution < 1.29 is 4.79 Å². The van der Waals surface area contributed by atoms with Gasteiger partial charge in [-0.1, -0.05) is 51.1 Å². The van der Waals surface area contributed by atoms with E-state index in [1.807, 2.05) is 30.3 Å². The fourth-order valence-electron chi connectivity index (χ4n) is 2.35. The molecule has 0 radical (unpaired) electrons. The number of rotatable bonds is 2. The van der Waals surface area contributed by atoms with Crippen LogP contribution in [0.25, 0.3) is 0 Å². The molecule has 1 amide bonds. The van der Waals surface area contributed by atoms with Crippen molar-refractivity contribution in [2.24, 2.45) is 5.41 Å². The van der Waals surface area contributed by atoms with Crippen molar-refractivity contribution in [3.63, 3.8) is 0 Å². The lowest BCUT2D eigenvalue weighted by Gasteiger charge is -2.40. The van der Waals surface area contributed by atoms with Gasteiger partial charge < -0.3 is 0 Å². The Balaban J connectivity index is 2.09. The lowest BCUT2D eigenvalue weighted by molar-refractivity contribution is 0.0538. The fraction of sp³-hybridized carbons (Fsp3) is 0.438. The van der Waals surface area contributed by atoms with Crippen molar-refractivity contribution >= 4 is 5.91 Å². The van der Waals surface area contributed by atoms with E-state index in [-0.39, 0.29) is 17.4 Å². The van der Waals surface area contributed by atoms with Crippen molar-refractivity contribution in [2.45, 2.75) is 33.2 Å². The summed E-state index contributed by atoms with van der Waals surface area (Å²) in [6.45, 7) is 7.43. The molecule has 1 heterocycles. The molecule has 0 saturated carbocycles. The number of hydrogen-bond acceptors (Lipinski definition) is 2. The van der Waals surface area contributed by atoms with Crippen LogP contribution >= 0.6 is 0 Å². The van der Waals surface area contributed by atoms with Crippen LogP contribution in [0.1, 0.15) is 37.6 Å². The summed E-state index contributed by atoms with van der Waals surface area (Å²) in [7, 11) is 0. The monoisotopic (exact) mass is 258 g/mol. The van der Waals surface area contributed by atoms with E-state index in [2.05, 4.69) is 43.4 Å². The molecule has 3 heteroatoms. The van der Waals surface area contributed by atoms with Crippen LogP contribution < -0.4 is 5.43 Å². The number of nitrogens with zero attached hydrogens (tertiary/aromatic N) is 1. The maximum atomic E-state index is 12.2. The average Bonchev–Trinajstić information content (AvgIpc) is 2.39. The number of nitrogens with one attached hydrogen (secondary N) is 1. The Kier molecular flexibility index (Phi) is 4.05. The first-order valence-electron chi connectivity index (χ1n) is 6.78. The van der Waals surface area contributed by atoms with E-state index in [1.165, 1.54) is 0 Å². The second-order valence-corrected chi connectivity index (χ2v) is 6.03. The maximum absolute atomic E-state index is 12.2. The molecule has 3 nitrogen and oxygen atoms in total. The Hall–Kier alpha value is -1.61. The van der Waals surface area contributed by atoms with Gasteiger partial charge >= 0.3 is 0 Å². The summed E-state index contributed by atoms with van der Waals surface area (Å²) in [5.41, 5.74) is 3.83. The maximum Gasteiger partial charge on any atom is 0.265 e. The Morgan fingerprint density at radius 3 is 2.58 bits per heavy atom. The molecule has 102 valence electrons. The van der Waals surface area contributed by atoms with Gasteiger partial charge in [0.15, 0.2) is 0 Å². The SMILES string of the molecule is CC(C)(C)C1C=CCCN1NC(=O)c1ccccc1. The molecule has 1 aliphatic rings. The summed E-state index contributed by atoms with van der Waals surface area (Å²) in [6.07, 6.45) is 5.36. The molecule has 1 atom stereocenters. The van der Waals surface area contributed by atoms with Gasteiger partial charge in [0, 0.05) is 12.1 Å². The van der Waals surface area contributed by atoms with Crippen molar-refractivity contribution in [1.29, 1.82) is 0 Å². The number of hydrazine groups is 1. The zero-order valence-electron chi connectivity index (χ0n) is 11.9. The molecule has 0 aliphatic carbocycles. The van der Waals surface area contributed by atoms with E-state index in [4.69, 9.17) is 0 Å². The van der Waals surface area contributed by atoms with Gasteiger partial charge in [0.25, 0.3) is 5.91 Å². The largest absolute Gasteiger partial charge is 0.284 e. The van der Waals surface area contributed by atoms with E-state index in [0.717, 1.165) is 13.0 Å². The summed E-state index contributed by atoms with van der Waals surface area (Å²) in [5, 5.41) is 2.05. The van der Waals surface area contributed by atoms with E-state index in [1.54, 1.807) is 0 Å². The Bertz CT molecular complexity index is 459. The number of amides is 1. The van der Waals surface area contributed by atoms with Gasteiger partial charge in [-0.15, -0.1) is 0 Å². The molecule has 1 N–H and O–H groups in total. The minimum Gasteiger partial charge on any atom is -0.284 e. The quantitative estimate of drug-likeness (QED) is 0.827. The van der Waals surface area contributed by atoms with Gasteiger partial charge in [-0.2, -0.15) is 0 Å². The highest BCUT2D eigenvalue weighted by Gasteiger charge is 2.30. The number of carbonyl (C=O) groups excluding carboxylic acids is 1. The molecule has 0 aromatic heterocycles. The number of carbonyl (C=O) groups is 1. The highest BCUT2D eigenvalue weighted by atomic mass is 16.2. The van der Waals surface area contributed by atoms with Crippen LogP contribution in [0.3, 0.4) is 0 Å². The zero-order chi connectivity index (χ0) is 13.9. The molecule has 0 spiro atoms. The molecule has 1 unspecified atom stereocenters. The normalized spacial score (nSPS) is 20.3. The second kappa shape index (κ2) is 5.57.